The number of thioether (sulfide) groups is 1. The Labute approximate surface area is 141 Å². The summed E-state index contributed by atoms with van der Waals surface area (Å²) < 4.78 is 39.9. The van der Waals surface area contributed by atoms with Crippen LogP contribution >= 0.6 is 11.8 Å². The van der Waals surface area contributed by atoms with Crippen LogP contribution in [0.2, 0.25) is 0 Å². The van der Waals surface area contributed by atoms with E-state index in [1.807, 2.05) is 0 Å². The van der Waals surface area contributed by atoms with E-state index in [1.54, 1.807) is 18.2 Å². The lowest BCUT2D eigenvalue weighted by atomic mass is 10.0. The molecule has 0 amide bonds. The third-order valence-electron chi connectivity index (χ3n) is 4.09. The van der Waals surface area contributed by atoms with Crippen LogP contribution in [-0.4, -0.2) is 26.8 Å². The Bertz CT molecular complexity index is 822. The number of aromatic nitrogens is 2. The van der Waals surface area contributed by atoms with Crippen molar-refractivity contribution in [1.29, 1.82) is 10.8 Å². The van der Waals surface area contributed by atoms with Crippen LogP contribution in [0.4, 0.5) is 13.2 Å². The van der Waals surface area contributed by atoms with E-state index in [-0.39, 0.29) is 21.3 Å². The number of alkyl halides is 3. The van der Waals surface area contributed by atoms with E-state index in [2.05, 4.69) is 4.98 Å². The van der Waals surface area contributed by atoms with Gasteiger partial charge in [-0.15, -0.1) is 0 Å². The van der Waals surface area contributed by atoms with E-state index < -0.39 is 12.0 Å². The molecule has 1 aromatic carbocycles. The van der Waals surface area contributed by atoms with E-state index in [0.29, 0.717) is 10.1 Å². The minimum atomic E-state index is -4.82. The predicted octanol–water partition coefficient (Wildman–Crippen LogP) is 4.33. The zero-order valence-electron chi connectivity index (χ0n) is 12.9. The summed E-state index contributed by atoms with van der Waals surface area (Å²) in [7, 11) is 0. The van der Waals surface area contributed by atoms with Gasteiger partial charge in [-0.3, -0.25) is 15.4 Å². The van der Waals surface area contributed by atoms with Gasteiger partial charge in [-0.1, -0.05) is 43.2 Å². The van der Waals surface area contributed by atoms with Crippen LogP contribution < -0.4 is 5.49 Å². The summed E-state index contributed by atoms with van der Waals surface area (Å²) in [6, 6.07) is 6.34. The first-order valence-corrected chi connectivity index (χ1v) is 8.65. The molecule has 0 saturated heterocycles. The van der Waals surface area contributed by atoms with Gasteiger partial charge in [-0.05, 0) is 25.0 Å². The summed E-state index contributed by atoms with van der Waals surface area (Å²) in [6.45, 7) is 0. The summed E-state index contributed by atoms with van der Waals surface area (Å²) >= 11 is 1.36. The zero-order chi connectivity index (χ0) is 17.3. The summed E-state index contributed by atoms with van der Waals surface area (Å²) in [5, 5.41) is 16.2. The minimum absolute atomic E-state index is 0.123. The van der Waals surface area contributed by atoms with Crippen molar-refractivity contribution < 1.29 is 13.2 Å². The van der Waals surface area contributed by atoms with E-state index in [9.17, 15) is 13.2 Å². The Morgan fingerprint density at radius 1 is 1.17 bits per heavy atom. The van der Waals surface area contributed by atoms with Crippen LogP contribution in [0.25, 0.3) is 11.0 Å². The average molecular weight is 354 g/mol. The zero-order valence-corrected chi connectivity index (χ0v) is 13.7. The molecule has 1 heterocycles. The second-order valence-corrected chi connectivity index (χ2v) is 7.10. The maximum Gasteiger partial charge on any atom is 0.449 e. The van der Waals surface area contributed by atoms with E-state index in [1.165, 1.54) is 24.2 Å². The molecule has 1 saturated carbocycles. The molecule has 0 atom stereocenters. The van der Waals surface area contributed by atoms with E-state index >= 15 is 0 Å². The third kappa shape index (κ3) is 3.33. The molecule has 4 nitrogen and oxygen atoms in total. The number of nitrogens with one attached hydrogen (secondary N) is 2. The lowest BCUT2D eigenvalue weighted by Crippen LogP contribution is -2.38. The monoisotopic (exact) mass is 354 g/mol. The number of fused-ring (bicyclic) bond motifs is 1. The normalized spacial score (nSPS) is 16.5. The second-order valence-electron chi connectivity index (χ2n) is 5.81. The molecule has 1 fully saturated rings. The maximum atomic E-state index is 13.1. The molecule has 1 aromatic heterocycles. The van der Waals surface area contributed by atoms with Gasteiger partial charge in [0, 0.05) is 5.25 Å². The molecule has 2 aromatic rings. The van der Waals surface area contributed by atoms with Gasteiger partial charge in [0.15, 0.2) is 5.49 Å². The first-order valence-electron chi connectivity index (χ1n) is 7.77. The first kappa shape index (κ1) is 17.0. The highest BCUT2D eigenvalue weighted by Gasteiger charge is 2.37. The van der Waals surface area contributed by atoms with Crippen LogP contribution in [0, 0.1) is 10.8 Å². The number of hydrogen-bond donors (Lipinski definition) is 2. The molecule has 24 heavy (non-hydrogen) atoms. The van der Waals surface area contributed by atoms with Gasteiger partial charge in [0.05, 0.1) is 11.0 Å². The molecule has 0 spiro atoms. The number of hydrogen-bond acceptors (Lipinski definition) is 4. The maximum absolute atomic E-state index is 13.1. The largest absolute Gasteiger partial charge is 0.449 e. The highest BCUT2D eigenvalue weighted by Crippen LogP contribution is 2.32. The van der Waals surface area contributed by atoms with Gasteiger partial charge < -0.3 is 0 Å². The number of benzene rings is 1. The molecule has 128 valence electrons. The molecule has 1 aliphatic rings. The standard InChI is InChI=1S/C16H17F3N4S/c17-16(18,19)15(21)23-12-9-5-4-8-11(12)22-14(13(23)20)24-10-6-2-1-3-7-10/h4-5,8-10,20-21H,1-3,6-7H2. The average Bonchev–Trinajstić information content (AvgIpc) is 2.55. The number of para-hydroxylation sites is 2. The van der Waals surface area contributed by atoms with Crippen molar-refractivity contribution in [2.24, 2.45) is 0 Å². The van der Waals surface area contributed by atoms with Crippen molar-refractivity contribution in [2.45, 2.75) is 48.6 Å². The molecule has 0 unspecified atom stereocenters. The fraction of sp³-hybridized carbons (Fsp3) is 0.438. The SMILES string of the molecule is N=C(n1c(=N)c(SC2CCCCC2)nc2ccccc21)C(F)(F)F. The van der Waals surface area contributed by atoms with Crippen molar-refractivity contribution in [2.75, 3.05) is 0 Å². The minimum Gasteiger partial charge on any atom is -0.282 e. The highest BCUT2D eigenvalue weighted by atomic mass is 32.2. The number of rotatable bonds is 2. The summed E-state index contributed by atoms with van der Waals surface area (Å²) in [4.78, 5) is 4.38. The lowest BCUT2D eigenvalue weighted by molar-refractivity contribution is -0.0624. The fourth-order valence-corrected chi connectivity index (χ4v) is 4.15. The van der Waals surface area contributed by atoms with E-state index in [0.717, 1.165) is 25.7 Å². The molecule has 8 heteroatoms. The van der Waals surface area contributed by atoms with Crippen molar-refractivity contribution in [1.82, 2.24) is 9.55 Å². The predicted molar refractivity (Wildman–Crippen MR) is 87.5 cm³/mol. The Hall–Kier alpha value is -1.83. The highest BCUT2D eigenvalue weighted by molar-refractivity contribution is 7.99. The Kier molecular flexibility index (Phi) is 4.67. The topological polar surface area (TPSA) is 65.5 Å². The third-order valence-corrected chi connectivity index (χ3v) is 5.41. The van der Waals surface area contributed by atoms with Gasteiger partial charge in [-0.2, -0.15) is 13.2 Å². The first-order chi connectivity index (χ1) is 11.4. The van der Waals surface area contributed by atoms with E-state index in [4.69, 9.17) is 10.8 Å². The second kappa shape index (κ2) is 6.58. The number of halogens is 3. The lowest BCUT2D eigenvalue weighted by Gasteiger charge is -2.22. The summed E-state index contributed by atoms with van der Waals surface area (Å²) in [5.74, 6) is -1.56. The molecular weight excluding hydrogens is 337 g/mol. The van der Waals surface area contributed by atoms with Crippen molar-refractivity contribution in [3.63, 3.8) is 0 Å². The van der Waals surface area contributed by atoms with Gasteiger partial charge in [-0.25, -0.2) is 4.98 Å². The molecule has 0 radical (unpaired) electrons. The molecular formula is C16H17F3N4S. The fourth-order valence-electron chi connectivity index (χ4n) is 2.91. The summed E-state index contributed by atoms with van der Waals surface area (Å²) in [5.41, 5.74) is 0.116. The molecule has 2 N–H and O–H groups in total. The van der Waals surface area contributed by atoms with Crippen LogP contribution in [0.3, 0.4) is 0 Å². The van der Waals surface area contributed by atoms with Gasteiger partial charge in [0.25, 0.3) is 0 Å². The molecule has 3 rings (SSSR count). The van der Waals surface area contributed by atoms with Crippen molar-refractivity contribution >= 4 is 28.6 Å². The van der Waals surface area contributed by atoms with Crippen LogP contribution in [-0.2, 0) is 0 Å². The molecule has 0 aliphatic heterocycles. The van der Waals surface area contributed by atoms with Crippen LogP contribution in [0.1, 0.15) is 32.1 Å². The van der Waals surface area contributed by atoms with Crippen LogP contribution in [0.15, 0.2) is 29.3 Å². The number of nitrogens with zero attached hydrogens (tertiary/aromatic N) is 2. The van der Waals surface area contributed by atoms with Gasteiger partial charge >= 0.3 is 6.18 Å². The molecule has 0 bridgehead atoms. The Morgan fingerprint density at radius 2 is 1.83 bits per heavy atom. The van der Waals surface area contributed by atoms with Gasteiger partial charge in [0.1, 0.15) is 5.03 Å². The summed E-state index contributed by atoms with van der Waals surface area (Å²) in [6.07, 6.45) is 0.505. The smallest absolute Gasteiger partial charge is 0.282 e. The quantitative estimate of drug-likeness (QED) is 0.623. The van der Waals surface area contributed by atoms with Crippen molar-refractivity contribution in [3.8, 4) is 0 Å². The Morgan fingerprint density at radius 3 is 2.50 bits per heavy atom. The van der Waals surface area contributed by atoms with Gasteiger partial charge in [0.2, 0.25) is 5.84 Å². The van der Waals surface area contributed by atoms with Crippen LogP contribution in [0.5, 0.6) is 0 Å². The molecule has 1 aliphatic carbocycles. The Balaban J connectivity index is 2.12. The van der Waals surface area contributed by atoms with Crippen molar-refractivity contribution in [3.05, 3.63) is 29.8 Å².